The van der Waals surface area contributed by atoms with Gasteiger partial charge in [0.1, 0.15) is 0 Å². The summed E-state index contributed by atoms with van der Waals surface area (Å²) in [6.07, 6.45) is 17.2. The molecule has 0 N–H and O–H groups in total. The minimum Gasteiger partial charge on any atom is -0.341 e. The molecule has 0 aromatic heterocycles. The maximum atomic E-state index is 7.27. The molecule has 1 spiro atoms. The standard InChI is InChI=1S/C38H54N2O2/c1-9-11-15-26(16-12-10-2)27-19-20-34-28(21-27)24-39-32-17-13-14-18-33(32)40-25-29-22-30(36(3,4)5)23-31(37(6,7)8)35(29)42-38(39,40)41-34/h19-26,32-33H,9-18H2,1-8H3/q+2. The lowest BCUT2D eigenvalue weighted by atomic mass is 9.79. The number of rotatable bonds is 7. The second kappa shape index (κ2) is 10.8. The molecule has 42 heavy (non-hydrogen) atoms. The van der Waals surface area contributed by atoms with Crippen molar-refractivity contribution in [2.24, 2.45) is 0 Å². The van der Waals surface area contributed by atoms with Crippen LogP contribution in [-0.2, 0) is 10.8 Å². The van der Waals surface area contributed by atoms with Crippen LogP contribution in [-0.4, -0.2) is 39.7 Å². The number of unbranched alkanes of at least 4 members (excludes halogenated alkanes) is 2. The summed E-state index contributed by atoms with van der Waals surface area (Å²) in [6, 6.07) is 11.5. The largest absolute Gasteiger partial charge is 0.704 e. The highest BCUT2D eigenvalue weighted by molar-refractivity contribution is 5.84. The molecule has 3 heterocycles. The van der Waals surface area contributed by atoms with Gasteiger partial charge in [0.2, 0.25) is 12.1 Å². The molecule has 0 bridgehead atoms. The van der Waals surface area contributed by atoms with Crippen LogP contribution >= 0.6 is 0 Å². The number of ether oxygens (including phenoxy) is 2. The fraction of sp³-hybridized carbons (Fsp3) is 0.632. The zero-order valence-electron chi connectivity index (χ0n) is 27.6. The predicted molar refractivity (Wildman–Crippen MR) is 173 cm³/mol. The van der Waals surface area contributed by atoms with E-state index in [9.17, 15) is 0 Å². The quantitative estimate of drug-likeness (QED) is 0.310. The third-order valence-corrected chi connectivity index (χ3v) is 10.2. The van der Waals surface area contributed by atoms with E-state index in [1.165, 1.54) is 85.6 Å². The Morgan fingerprint density at radius 2 is 1.40 bits per heavy atom. The molecule has 4 aliphatic rings. The van der Waals surface area contributed by atoms with Gasteiger partial charge in [0.15, 0.2) is 23.9 Å². The molecule has 1 aliphatic carbocycles. The average Bonchev–Trinajstić information content (AvgIpc) is 3.21. The van der Waals surface area contributed by atoms with Crippen molar-refractivity contribution in [2.75, 3.05) is 0 Å². The van der Waals surface area contributed by atoms with Gasteiger partial charge in [-0.3, -0.25) is 0 Å². The van der Waals surface area contributed by atoms with Crippen molar-refractivity contribution in [3.8, 4) is 11.5 Å². The number of nitrogens with zero attached hydrogens (tertiary/aromatic N) is 2. The second-order valence-electron chi connectivity index (χ2n) is 15.5. The first-order valence-corrected chi connectivity index (χ1v) is 16.9. The average molecular weight is 571 g/mol. The monoisotopic (exact) mass is 570 g/mol. The minimum absolute atomic E-state index is 0.0559. The molecule has 0 amide bonds. The van der Waals surface area contributed by atoms with Crippen molar-refractivity contribution in [2.45, 2.75) is 154 Å². The zero-order chi connectivity index (χ0) is 29.9. The molecule has 6 rings (SSSR count). The van der Waals surface area contributed by atoms with E-state index in [2.05, 4.69) is 107 Å². The minimum atomic E-state index is -0.978. The van der Waals surface area contributed by atoms with E-state index in [1.54, 1.807) is 0 Å². The second-order valence-corrected chi connectivity index (χ2v) is 15.5. The van der Waals surface area contributed by atoms with E-state index >= 15 is 0 Å². The van der Waals surface area contributed by atoms with Gasteiger partial charge in [0, 0.05) is 18.4 Å². The molecule has 0 radical (unpaired) electrons. The third-order valence-electron chi connectivity index (χ3n) is 10.2. The first-order chi connectivity index (χ1) is 20.0. The third kappa shape index (κ3) is 5.01. The summed E-state index contributed by atoms with van der Waals surface area (Å²) in [5, 5.41) is 0. The Kier molecular flexibility index (Phi) is 7.59. The van der Waals surface area contributed by atoms with Crippen molar-refractivity contribution in [3.63, 3.8) is 0 Å². The van der Waals surface area contributed by atoms with Crippen molar-refractivity contribution in [1.82, 2.24) is 0 Å². The molecular formula is C38H54N2O2+2. The van der Waals surface area contributed by atoms with Crippen molar-refractivity contribution in [3.05, 3.63) is 58.1 Å². The topological polar surface area (TPSA) is 24.5 Å². The van der Waals surface area contributed by atoms with Crippen LogP contribution < -0.4 is 9.47 Å². The van der Waals surface area contributed by atoms with Gasteiger partial charge >= 0.3 is 6.03 Å². The Morgan fingerprint density at radius 1 is 0.786 bits per heavy atom. The first-order valence-electron chi connectivity index (χ1n) is 16.9. The normalized spacial score (nSPS) is 24.4. The molecule has 4 heteroatoms. The van der Waals surface area contributed by atoms with Crippen LogP contribution in [0.5, 0.6) is 11.5 Å². The van der Waals surface area contributed by atoms with Crippen molar-refractivity contribution < 1.29 is 18.6 Å². The van der Waals surface area contributed by atoms with Crippen molar-refractivity contribution in [1.29, 1.82) is 0 Å². The summed E-state index contributed by atoms with van der Waals surface area (Å²) in [4.78, 5) is 0. The summed E-state index contributed by atoms with van der Waals surface area (Å²) in [5.74, 6) is 2.53. The Bertz CT molecular complexity index is 1400. The summed E-state index contributed by atoms with van der Waals surface area (Å²) in [7, 11) is 0. The molecular weight excluding hydrogens is 516 g/mol. The van der Waals surface area contributed by atoms with Gasteiger partial charge < -0.3 is 9.47 Å². The summed E-state index contributed by atoms with van der Waals surface area (Å²) in [5.41, 5.74) is 6.46. The molecule has 1 saturated heterocycles. The molecule has 4 nitrogen and oxygen atoms in total. The van der Waals surface area contributed by atoms with Gasteiger partial charge in [0.25, 0.3) is 0 Å². The van der Waals surface area contributed by atoms with Gasteiger partial charge in [-0.2, -0.15) is 0 Å². The lowest BCUT2D eigenvalue weighted by Gasteiger charge is -2.33. The van der Waals surface area contributed by atoms with Gasteiger partial charge in [0.05, 0.1) is 11.1 Å². The maximum absolute atomic E-state index is 7.27. The van der Waals surface area contributed by atoms with Gasteiger partial charge in [-0.1, -0.05) is 102 Å². The summed E-state index contributed by atoms with van der Waals surface area (Å²) < 4.78 is 19.3. The number of hydrogen-bond donors (Lipinski definition) is 0. The zero-order valence-corrected chi connectivity index (χ0v) is 27.6. The Balaban J connectivity index is 1.48. The Hall–Kier alpha value is -2.62. The SMILES string of the molecule is CCCCC(CCCC)c1ccc2c(c1)C=[N+]1C3CCCCC3[N+]3=Cc4cc(C(C)(C)C)cc(C(C)(C)C)c4OC13O2. The lowest BCUT2D eigenvalue weighted by molar-refractivity contribution is -0.866. The molecule has 3 aliphatic heterocycles. The van der Waals surface area contributed by atoms with Crippen LogP contribution in [0, 0.1) is 0 Å². The van der Waals surface area contributed by atoms with Gasteiger partial charge in [-0.05, 0) is 71.8 Å². The highest BCUT2D eigenvalue weighted by Crippen LogP contribution is 2.48. The van der Waals surface area contributed by atoms with E-state index in [0.717, 1.165) is 17.9 Å². The van der Waals surface area contributed by atoms with Crippen LogP contribution in [0.4, 0.5) is 0 Å². The van der Waals surface area contributed by atoms with Crippen LogP contribution in [0.1, 0.15) is 153 Å². The highest BCUT2D eigenvalue weighted by Gasteiger charge is 2.76. The molecule has 3 unspecified atom stereocenters. The predicted octanol–water partition coefficient (Wildman–Crippen LogP) is 9.03. The van der Waals surface area contributed by atoms with Crippen LogP contribution in [0.3, 0.4) is 0 Å². The Labute approximate surface area is 254 Å². The van der Waals surface area contributed by atoms with E-state index in [0.29, 0.717) is 18.0 Å². The van der Waals surface area contributed by atoms with E-state index < -0.39 is 6.03 Å². The summed E-state index contributed by atoms with van der Waals surface area (Å²) in [6.45, 7) is 18.4. The number of benzene rings is 2. The van der Waals surface area contributed by atoms with Gasteiger partial charge in [-0.25, -0.2) is 0 Å². The van der Waals surface area contributed by atoms with Crippen LogP contribution in [0.2, 0.25) is 0 Å². The molecule has 2 aromatic carbocycles. The fourth-order valence-electron chi connectivity index (χ4n) is 7.70. The molecule has 2 fully saturated rings. The van der Waals surface area contributed by atoms with Gasteiger partial charge in [-0.15, -0.1) is 0 Å². The molecule has 2 aromatic rings. The maximum Gasteiger partial charge on any atom is 0.704 e. The fourth-order valence-corrected chi connectivity index (χ4v) is 7.70. The number of fused-ring (bicyclic) bond motifs is 5. The van der Waals surface area contributed by atoms with Crippen molar-refractivity contribution >= 4 is 12.4 Å². The lowest BCUT2D eigenvalue weighted by Crippen LogP contribution is -2.60. The molecule has 1 saturated carbocycles. The van der Waals surface area contributed by atoms with E-state index in [1.807, 2.05) is 0 Å². The first kappa shape index (κ1) is 29.5. The van der Waals surface area contributed by atoms with E-state index in [4.69, 9.17) is 9.47 Å². The molecule has 226 valence electrons. The number of hydrogen-bond acceptors (Lipinski definition) is 2. The smallest absolute Gasteiger partial charge is 0.341 e. The van der Waals surface area contributed by atoms with Crippen LogP contribution in [0.15, 0.2) is 30.3 Å². The van der Waals surface area contributed by atoms with E-state index in [-0.39, 0.29) is 10.8 Å². The van der Waals surface area contributed by atoms with Crippen LogP contribution in [0.25, 0.3) is 0 Å². The Morgan fingerprint density at radius 3 is 1.98 bits per heavy atom. The highest BCUT2D eigenvalue weighted by atomic mass is 16.7. The summed E-state index contributed by atoms with van der Waals surface area (Å²) >= 11 is 0. The molecule has 3 atom stereocenters.